The predicted molar refractivity (Wildman–Crippen MR) is 132 cm³/mol. The normalized spacial score (nSPS) is 26.3. The van der Waals surface area contributed by atoms with Crippen molar-refractivity contribution in [3.63, 3.8) is 0 Å². The third-order valence-corrected chi connectivity index (χ3v) is 7.53. The molecule has 0 N–H and O–H groups in total. The largest absolute Gasteiger partial charge is 0.497 e. The van der Waals surface area contributed by atoms with Gasteiger partial charge in [-0.3, -0.25) is 4.79 Å². The zero-order valence-corrected chi connectivity index (χ0v) is 20.8. The minimum absolute atomic E-state index is 0.00774. The molecule has 0 aliphatic carbocycles. The number of piperazine rings is 1. The maximum Gasteiger partial charge on any atom is 0.416 e. The summed E-state index contributed by atoms with van der Waals surface area (Å²) < 4.78 is 51.6. The smallest absolute Gasteiger partial charge is 0.416 e. The van der Waals surface area contributed by atoms with Gasteiger partial charge in [-0.2, -0.15) is 13.2 Å². The van der Waals surface area contributed by atoms with Crippen LogP contribution in [-0.2, 0) is 22.1 Å². The number of rotatable bonds is 3. The van der Waals surface area contributed by atoms with E-state index in [2.05, 4.69) is 9.80 Å². The monoisotopic (exact) mass is 503 g/mol. The van der Waals surface area contributed by atoms with Crippen molar-refractivity contribution >= 4 is 17.3 Å². The first-order valence-electron chi connectivity index (χ1n) is 12.4. The molecule has 36 heavy (non-hydrogen) atoms. The highest BCUT2D eigenvalue weighted by Crippen LogP contribution is 2.41. The molecule has 2 aromatic rings. The number of methoxy groups -OCH3 is 1. The summed E-state index contributed by atoms with van der Waals surface area (Å²) in [4.78, 5) is 20.1. The summed E-state index contributed by atoms with van der Waals surface area (Å²) in [6, 6.07) is 11.6. The molecule has 194 valence electrons. The highest BCUT2D eigenvalue weighted by Gasteiger charge is 2.44. The second-order valence-corrected chi connectivity index (χ2v) is 10.1. The SMILES string of the molecule is COc1ccc(N2CCN3c4ccc(C(F)(F)F)cc4C[C@H](C(=O)N4C[C@@H](C)O[C@@H](C)C4)[C@@H]3C2)cc1. The number of ether oxygens (including phenoxy) is 2. The van der Waals surface area contributed by atoms with E-state index in [-0.39, 0.29) is 30.6 Å². The van der Waals surface area contributed by atoms with Gasteiger partial charge in [0.05, 0.1) is 36.8 Å². The molecular weight excluding hydrogens is 471 g/mol. The van der Waals surface area contributed by atoms with Gasteiger partial charge in [-0.1, -0.05) is 0 Å². The molecule has 3 aliphatic heterocycles. The first-order valence-corrected chi connectivity index (χ1v) is 12.4. The van der Waals surface area contributed by atoms with Gasteiger partial charge in [-0.15, -0.1) is 0 Å². The minimum atomic E-state index is -4.42. The van der Waals surface area contributed by atoms with Crippen LogP contribution in [0.5, 0.6) is 5.75 Å². The van der Waals surface area contributed by atoms with E-state index in [9.17, 15) is 18.0 Å². The fraction of sp³-hybridized carbons (Fsp3) is 0.519. The number of nitrogens with zero attached hydrogens (tertiary/aromatic N) is 3. The van der Waals surface area contributed by atoms with Gasteiger partial charge in [0.15, 0.2) is 0 Å². The Kier molecular flexibility index (Phi) is 6.53. The number of anilines is 2. The van der Waals surface area contributed by atoms with Gasteiger partial charge in [-0.05, 0) is 68.3 Å². The number of fused-ring (bicyclic) bond motifs is 3. The van der Waals surface area contributed by atoms with Gasteiger partial charge < -0.3 is 24.2 Å². The molecule has 3 heterocycles. The maximum absolute atomic E-state index is 13.9. The Balaban J connectivity index is 1.48. The fourth-order valence-electron chi connectivity index (χ4n) is 5.90. The summed E-state index contributed by atoms with van der Waals surface area (Å²) in [6.45, 7) is 6.80. The first-order chi connectivity index (χ1) is 17.1. The summed E-state index contributed by atoms with van der Waals surface area (Å²) in [5.74, 6) is 0.319. The number of morpholine rings is 1. The molecule has 0 bridgehead atoms. The summed E-state index contributed by atoms with van der Waals surface area (Å²) in [5.41, 5.74) is 1.76. The molecule has 0 radical (unpaired) electrons. The van der Waals surface area contributed by atoms with Gasteiger partial charge in [0.2, 0.25) is 5.91 Å². The molecule has 2 aromatic carbocycles. The van der Waals surface area contributed by atoms with E-state index in [1.165, 1.54) is 6.07 Å². The number of hydrogen-bond donors (Lipinski definition) is 0. The Morgan fingerprint density at radius 3 is 2.33 bits per heavy atom. The molecule has 0 aromatic heterocycles. The van der Waals surface area contributed by atoms with E-state index in [1.807, 2.05) is 43.0 Å². The number of benzene rings is 2. The van der Waals surface area contributed by atoms with E-state index in [0.717, 1.165) is 23.2 Å². The average Bonchev–Trinajstić information content (AvgIpc) is 2.86. The van der Waals surface area contributed by atoms with Crippen LogP contribution < -0.4 is 14.5 Å². The highest BCUT2D eigenvalue weighted by atomic mass is 19.4. The zero-order chi connectivity index (χ0) is 25.6. The third-order valence-electron chi connectivity index (χ3n) is 7.53. The molecule has 0 unspecified atom stereocenters. The topological polar surface area (TPSA) is 45.2 Å². The minimum Gasteiger partial charge on any atom is -0.497 e. The molecule has 0 spiro atoms. The summed E-state index contributed by atoms with van der Waals surface area (Å²) in [6.07, 6.45) is -4.30. The standard InChI is InChI=1S/C27H32F3N3O3/c1-17-14-32(15-18(2)36-17)26(34)23-13-19-12-20(27(28,29)30)4-9-24(19)33-11-10-31(16-25(23)33)21-5-7-22(35-3)8-6-21/h4-9,12,17-18,23,25H,10-11,13-16H2,1-3H3/t17-,18+,23-,25-/m0/s1. The number of carbonyl (C=O) groups excluding carboxylic acids is 1. The Hall–Kier alpha value is -2.94. The van der Waals surface area contributed by atoms with Crippen LogP contribution in [0.2, 0.25) is 0 Å². The Labute approximate surface area is 209 Å². The second kappa shape index (κ2) is 9.50. The molecular formula is C27H32F3N3O3. The molecule has 3 aliphatic rings. The molecule has 4 atom stereocenters. The van der Waals surface area contributed by atoms with Crippen LogP contribution in [0.15, 0.2) is 42.5 Å². The van der Waals surface area contributed by atoms with Crippen molar-refractivity contribution in [3.8, 4) is 5.75 Å². The van der Waals surface area contributed by atoms with Crippen LogP contribution in [0.3, 0.4) is 0 Å². The van der Waals surface area contributed by atoms with E-state index >= 15 is 0 Å². The van der Waals surface area contributed by atoms with Gasteiger partial charge in [0, 0.05) is 44.1 Å². The average molecular weight is 504 g/mol. The predicted octanol–water partition coefficient (Wildman–Crippen LogP) is 4.22. The zero-order valence-electron chi connectivity index (χ0n) is 20.8. The lowest BCUT2D eigenvalue weighted by Crippen LogP contribution is -2.62. The number of amides is 1. The summed E-state index contributed by atoms with van der Waals surface area (Å²) in [7, 11) is 1.63. The van der Waals surface area contributed by atoms with E-state index < -0.39 is 17.7 Å². The van der Waals surface area contributed by atoms with Gasteiger partial charge >= 0.3 is 6.18 Å². The van der Waals surface area contributed by atoms with Crippen LogP contribution in [-0.4, -0.2) is 68.9 Å². The molecule has 1 amide bonds. The van der Waals surface area contributed by atoms with E-state index in [4.69, 9.17) is 9.47 Å². The van der Waals surface area contributed by atoms with Crippen LogP contribution in [0.4, 0.5) is 24.5 Å². The highest BCUT2D eigenvalue weighted by molar-refractivity contribution is 5.83. The lowest BCUT2D eigenvalue weighted by Gasteiger charge is -2.51. The van der Waals surface area contributed by atoms with Crippen molar-refractivity contribution in [1.82, 2.24) is 4.90 Å². The van der Waals surface area contributed by atoms with Crippen LogP contribution in [0, 0.1) is 5.92 Å². The fourth-order valence-corrected chi connectivity index (χ4v) is 5.90. The van der Waals surface area contributed by atoms with Crippen LogP contribution in [0.1, 0.15) is 25.0 Å². The number of halogens is 3. The Morgan fingerprint density at radius 2 is 1.69 bits per heavy atom. The van der Waals surface area contributed by atoms with Crippen molar-refractivity contribution in [2.24, 2.45) is 5.92 Å². The van der Waals surface area contributed by atoms with Gasteiger partial charge in [0.1, 0.15) is 5.75 Å². The third kappa shape index (κ3) is 4.73. The van der Waals surface area contributed by atoms with Crippen LogP contribution in [0.25, 0.3) is 0 Å². The Morgan fingerprint density at radius 1 is 1.00 bits per heavy atom. The van der Waals surface area contributed by atoms with Crippen molar-refractivity contribution in [3.05, 3.63) is 53.6 Å². The van der Waals surface area contributed by atoms with Crippen molar-refractivity contribution in [2.75, 3.05) is 49.6 Å². The number of carbonyl (C=O) groups is 1. The quantitative estimate of drug-likeness (QED) is 0.628. The molecule has 6 nitrogen and oxygen atoms in total. The molecule has 2 saturated heterocycles. The summed E-state index contributed by atoms with van der Waals surface area (Å²) >= 11 is 0. The van der Waals surface area contributed by atoms with Gasteiger partial charge in [-0.25, -0.2) is 0 Å². The lowest BCUT2D eigenvalue weighted by molar-refractivity contribution is -0.148. The first kappa shape index (κ1) is 24.7. The summed E-state index contributed by atoms with van der Waals surface area (Å²) in [5, 5.41) is 0. The molecule has 9 heteroatoms. The Bertz CT molecular complexity index is 1100. The van der Waals surface area contributed by atoms with Gasteiger partial charge in [0.25, 0.3) is 0 Å². The van der Waals surface area contributed by atoms with Crippen molar-refractivity contribution in [1.29, 1.82) is 0 Å². The van der Waals surface area contributed by atoms with E-state index in [1.54, 1.807) is 13.2 Å². The molecule has 2 fully saturated rings. The van der Waals surface area contributed by atoms with Crippen LogP contribution >= 0.6 is 0 Å². The number of hydrogen-bond acceptors (Lipinski definition) is 5. The number of alkyl halides is 3. The molecule has 0 saturated carbocycles. The maximum atomic E-state index is 13.9. The van der Waals surface area contributed by atoms with Crippen molar-refractivity contribution < 1.29 is 27.4 Å². The van der Waals surface area contributed by atoms with Crippen molar-refractivity contribution in [2.45, 2.75) is 44.7 Å². The lowest BCUT2D eigenvalue weighted by atomic mass is 9.82. The second-order valence-electron chi connectivity index (χ2n) is 10.1. The van der Waals surface area contributed by atoms with E-state index in [0.29, 0.717) is 38.3 Å². The molecule has 5 rings (SSSR count).